The summed E-state index contributed by atoms with van der Waals surface area (Å²) in [5.74, 6) is 0.553. The maximum atomic E-state index is 12.6. The Kier molecular flexibility index (Phi) is 3.46. The van der Waals surface area contributed by atoms with Gasteiger partial charge in [0.25, 0.3) is 0 Å². The van der Waals surface area contributed by atoms with Gasteiger partial charge in [-0.05, 0) is 30.4 Å². The second-order valence-electron chi connectivity index (χ2n) is 5.44. The van der Waals surface area contributed by atoms with Crippen molar-refractivity contribution in [2.45, 2.75) is 44.6 Å². The molecule has 1 aromatic carbocycles. The molecule has 1 saturated carbocycles. The van der Waals surface area contributed by atoms with Gasteiger partial charge in [-0.25, -0.2) is 0 Å². The maximum absolute atomic E-state index is 12.6. The lowest BCUT2D eigenvalue weighted by molar-refractivity contribution is -0.137. The van der Waals surface area contributed by atoms with E-state index >= 15 is 0 Å². The van der Waals surface area contributed by atoms with Gasteiger partial charge in [-0.15, -0.1) is 0 Å². The van der Waals surface area contributed by atoms with Crippen molar-refractivity contribution in [1.82, 2.24) is 0 Å². The zero-order valence-electron chi connectivity index (χ0n) is 10.7. The van der Waals surface area contributed by atoms with E-state index < -0.39 is 0 Å². The summed E-state index contributed by atoms with van der Waals surface area (Å²) in [5, 5.41) is 0. The van der Waals surface area contributed by atoms with Gasteiger partial charge in [0.2, 0.25) is 0 Å². The van der Waals surface area contributed by atoms with Crippen LogP contribution in [0.3, 0.4) is 0 Å². The highest BCUT2D eigenvalue weighted by Gasteiger charge is 2.32. The molecule has 0 amide bonds. The number of hydrogen-bond donors (Lipinski definition) is 0. The van der Waals surface area contributed by atoms with Gasteiger partial charge in [-0.1, -0.05) is 43.5 Å². The van der Waals surface area contributed by atoms with Crippen molar-refractivity contribution < 1.29 is 9.53 Å². The summed E-state index contributed by atoms with van der Waals surface area (Å²) in [5.41, 5.74) is 2.40. The van der Waals surface area contributed by atoms with Crippen LogP contribution < -0.4 is 0 Å². The van der Waals surface area contributed by atoms with Gasteiger partial charge in [-0.2, -0.15) is 0 Å². The normalized spacial score (nSPS) is 24.6. The first-order valence-corrected chi connectivity index (χ1v) is 7.09. The molecule has 96 valence electrons. The van der Waals surface area contributed by atoms with Crippen LogP contribution in [0, 0.1) is 5.92 Å². The second kappa shape index (κ2) is 5.23. The van der Waals surface area contributed by atoms with Crippen molar-refractivity contribution >= 4 is 5.78 Å². The second-order valence-corrected chi connectivity index (χ2v) is 5.44. The number of fused-ring (bicyclic) bond motifs is 1. The maximum Gasteiger partial charge on any atom is 0.169 e. The first-order valence-electron chi connectivity index (χ1n) is 7.09. The van der Waals surface area contributed by atoms with Crippen LogP contribution in [0.1, 0.15) is 49.3 Å². The third-order valence-corrected chi connectivity index (χ3v) is 4.26. The minimum atomic E-state index is -0.293. The van der Waals surface area contributed by atoms with E-state index in [1.807, 2.05) is 12.1 Å². The molecule has 2 aliphatic rings. The molecule has 0 saturated heterocycles. The highest BCUT2D eigenvalue weighted by Crippen LogP contribution is 2.34. The molecule has 2 nitrogen and oxygen atoms in total. The summed E-state index contributed by atoms with van der Waals surface area (Å²) >= 11 is 0. The number of carbonyl (C=O) groups excluding carboxylic acids is 1. The van der Waals surface area contributed by atoms with Gasteiger partial charge in [-0.3, -0.25) is 4.79 Å². The molecular weight excluding hydrogens is 224 g/mol. The van der Waals surface area contributed by atoms with E-state index in [9.17, 15) is 4.79 Å². The van der Waals surface area contributed by atoms with Gasteiger partial charge in [0, 0.05) is 5.92 Å². The lowest BCUT2D eigenvalue weighted by Crippen LogP contribution is -2.29. The highest BCUT2D eigenvalue weighted by atomic mass is 16.5. The van der Waals surface area contributed by atoms with Crippen LogP contribution in [0.25, 0.3) is 0 Å². The van der Waals surface area contributed by atoms with Crippen LogP contribution in [0.2, 0.25) is 0 Å². The van der Waals surface area contributed by atoms with Crippen molar-refractivity contribution in [1.29, 1.82) is 0 Å². The van der Waals surface area contributed by atoms with Gasteiger partial charge in [0.15, 0.2) is 5.78 Å². The Hall–Kier alpha value is -1.15. The predicted octanol–water partition coefficient (Wildman–Crippen LogP) is 3.45. The van der Waals surface area contributed by atoms with Crippen molar-refractivity contribution in [3.63, 3.8) is 0 Å². The molecule has 18 heavy (non-hydrogen) atoms. The van der Waals surface area contributed by atoms with Crippen LogP contribution in [0.5, 0.6) is 0 Å². The van der Waals surface area contributed by atoms with Gasteiger partial charge in [0.1, 0.15) is 6.10 Å². The molecule has 0 N–H and O–H groups in total. The molecule has 0 bridgehead atoms. The molecule has 1 atom stereocenters. The van der Waals surface area contributed by atoms with Gasteiger partial charge < -0.3 is 4.74 Å². The van der Waals surface area contributed by atoms with E-state index in [0.29, 0.717) is 12.4 Å². The Morgan fingerprint density at radius 3 is 2.72 bits per heavy atom. The molecule has 1 unspecified atom stereocenters. The zero-order valence-corrected chi connectivity index (χ0v) is 10.7. The quantitative estimate of drug-likeness (QED) is 0.796. The van der Waals surface area contributed by atoms with E-state index in [0.717, 1.165) is 24.8 Å². The summed E-state index contributed by atoms with van der Waals surface area (Å²) in [6.45, 7) is 0.681. The first kappa shape index (κ1) is 11.9. The fourth-order valence-corrected chi connectivity index (χ4v) is 3.23. The molecule has 3 rings (SSSR count). The minimum Gasteiger partial charge on any atom is -0.365 e. The van der Waals surface area contributed by atoms with Crippen LogP contribution in [-0.4, -0.2) is 12.4 Å². The Bertz CT molecular complexity index is 432. The number of Topliss-reactive ketones (excluding diaryl/α,β-unsaturated/α-hetero) is 1. The SMILES string of the molecule is O=C(C1CCCCC1)C1OCCc2ccccc21. The summed E-state index contributed by atoms with van der Waals surface area (Å²) in [6.07, 6.45) is 6.44. The highest BCUT2D eigenvalue weighted by molar-refractivity contribution is 5.87. The van der Waals surface area contributed by atoms with E-state index in [1.165, 1.54) is 24.8 Å². The average Bonchev–Trinajstić information content (AvgIpc) is 2.47. The molecule has 1 aliphatic heterocycles. The van der Waals surface area contributed by atoms with Gasteiger partial charge >= 0.3 is 0 Å². The lowest BCUT2D eigenvalue weighted by Gasteiger charge is -2.29. The zero-order chi connectivity index (χ0) is 12.4. The van der Waals surface area contributed by atoms with Crippen molar-refractivity contribution in [3.8, 4) is 0 Å². The van der Waals surface area contributed by atoms with Crippen LogP contribution >= 0.6 is 0 Å². The minimum absolute atomic E-state index is 0.231. The third kappa shape index (κ3) is 2.22. The monoisotopic (exact) mass is 244 g/mol. The molecule has 1 heterocycles. The number of benzene rings is 1. The van der Waals surface area contributed by atoms with Crippen molar-refractivity contribution in [2.75, 3.05) is 6.61 Å². The fraction of sp³-hybridized carbons (Fsp3) is 0.562. The van der Waals surface area contributed by atoms with Crippen molar-refractivity contribution in [3.05, 3.63) is 35.4 Å². The van der Waals surface area contributed by atoms with Crippen LogP contribution in [0.15, 0.2) is 24.3 Å². The molecule has 1 aliphatic carbocycles. The molecule has 2 heteroatoms. The smallest absolute Gasteiger partial charge is 0.169 e. The Balaban J connectivity index is 1.82. The Morgan fingerprint density at radius 2 is 1.89 bits per heavy atom. The molecule has 1 aromatic rings. The lowest BCUT2D eigenvalue weighted by atomic mass is 9.81. The van der Waals surface area contributed by atoms with E-state index in [-0.39, 0.29) is 12.0 Å². The Labute approximate surface area is 108 Å². The standard InChI is InChI=1S/C16H20O2/c17-15(13-7-2-1-3-8-13)16-14-9-5-4-6-12(14)10-11-18-16/h4-6,9,13,16H,1-3,7-8,10-11H2. The Morgan fingerprint density at radius 1 is 1.11 bits per heavy atom. The largest absolute Gasteiger partial charge is 0.365 e. The molecule has 1 fully saturated rings. The number of ether oxygens (including phenoxy) is 1. The molecule has 0 aromatic heterocycles. The average molecular weight is 244 g/mol. The topological polar surface area (TPSA) is 26.3 Å². The number of ketones is 1. The van der Waals surface area contributed by atoms with E-state index in [4.69, 9.17) is 4.74 Å². The number of carbonyl (C=O) groups is 1. The third-order valence-electron chi connectivity index (χ3n) is 4.26. The van der Waals surface area contributed by atoms with Gasteiger partial charge in [0.05, 0.1) is 6.61 Å². The van der Waals surface area contributed by atoms with Crippen molar-refractivity contribution in [2.24, 2.45) is 5.92 Å². The summed E-state index contributed by atoms with van der Waals surface area (Å²) in [6, 6.07) is 8.24. The summed E-state index contributed by atoms with van der Waals surface area (Å²) in [7, 11) is 0. The van der Waals surface area contributed by atoms with E-state index in [2.05, 4.69) is 12.1 Å². The molecule has 0 radical (unpaired) electrons. The van der Waals surface area contributed by atoms with Crippen LogP contribution in [-0.2, 0) is 16.0 Å². The summed E-state index contributed by atoms with van der Waals surface area (Å²) in [4.78, 5) is 12.6. The van der Waals surface area contributed by atoms with E-state index in [1.54, 1.807) is 0 Å². The predicted molar refractivity (Wildman–Crippen MR) is 70.4 cm³/mol. The van der Waals surface area contributed by atoms with Crippen LogP contribution in [0.4, 0.5) is 0 Å². The molecular formula is C16H20O2. The number of hydrogen-bond acceptors (Lipinski definition) is 2. The first-order chi connectivity index (χ1) is 8.86. The summed E-state index contributed by atoms with van der Waals surface area (Å²) < 4.78 is 5.77. The molecule has 0 spiro atoms. The number of rotatable bonds is 2. The fourth-order valence-electron chi connectivity index (χ4n) is 3.23.